The van der Waals surface area contributed by atoms with Crippen molar-refractivity contribution in [1.29, 1.82) is 0 Å². The van der Waals surface area contributed by atoms with E-state index in [1.54, 1.807) is 47.9 Å². The number of aryl methyl sites for hydroxylation is 1. The quantitative estimate of drug-likeness (QED) is 0.387. The van der Waals surface area contributed by atoms with Crippen LogP contribution in [0, 0.1) is 18.6 Å². The molecule has 0 aliphatic carbocycles. The van der Waals surface area contributed by atoms with Crippen molar-refractivity contribution in [3.05, 3.63) is 101 Å². The van der Waals surface area contributed by atoms with Gasteiger partial charge in [0, 0.05) is 12.2 Å². The van der Waals surface area contributed by atoms with Gasteiger partial charge in [-0.3, -0.25) is 9.20 Å². The fraction of sp³-hybridized carbons (Fsp3) is 0.192. The number of hydrogen-bond donors (Lipinski definition) is 2. The van der Waals surface area contributed by atoms with Crippen LogP contribution in [0.3, 0.4) is 0 Å². The van der Waals surface area contributed by atoms with Crippen LogP contribution in [0.5, 0.6) is 5.75 Å². The highest BCUT2D eigenvalue weighted by molar-refractivity contribution is 5.95. The Morgan fingerprint density at radius 2 is 1.83 bits per heavy atom. The Morgan fingerprint density at radius 3 is 2.54 bits per heavy atom. The summed E-state index contributed by atoms with van der Waals surface area (Å²) in [6.45, 7) is 3.17. The number of benzene rings is 2. The fourth-order valence-corrected chi connectivity index (χ4v) is 3.89. The number of aromatic nitrogens is 2. The maximum Gasteiger partial charge on any atom is 0.335 e. The number of carboxylic acids is 1. The van der Waals surface area contributed by atoms with E-state index in [-0.39, 0.29) is 35.4 Å². The molecule has 1 atom stereocenters. The van der Waals surface area contributed by atoms with Crippen molar-refractivity contribution < 1.29 is 28.2 Å². The number of ether oxygens (including phenoxy) is 1. The number of nitrogens with one attached hydrogen (secondary N) is 1. The first kappa shape index (κ1) is 23.9. The average Bonchev–Trinajstić information content (AvgIpc) is 3.15. The van der Waals surface area contributed by atoms with Crippen LogP contribution in [0.25, 0.3) is 5.65 Å². The van der Waals surface area contributed by atoms with Gasteiger partial charge in [-0.1, -0.05) is 18.2 Å². The fourth-order valence-electron chi connectivity index (χ4n) is 3.89. The summed E-state index contributed by atoms with van der Waals surface area (Å²) >= 11 is 0. The van der Waals surface area contributed by atoms with Gasteiger partial charge in [0.2, 0.25) is 0 Å². The number of amides is 1. The first-order chi connectivity index (χ1) is 16.7. The molecule has 0 bridgehead atoms. The van der Waals surface area contributed by atoms with E-state index in [0.29, 0.717) is 23.5 Å². The lowest BCUT2D eigenvalue weighted by molar-refractivity contribution is 0.0696. The lowest BCUT2D eigenvalue weighted by atomic mass is 10.0. The molecule has 0 spiro atoms. The van der Waals surface area contributed by atoms with E-state index in [4.69, 9.17) is 4.74 Å². The second-order valence-electron chi connectivity index (χ2n) is 8.18. The summed E-state index contributed by atoms with van der Waals surface area (Å²) < 4.78 is 35.1. The normalized spacial score (nSPS) is 11.9. The Kier molecular flexibility index (Phi) is 6.77. The summed E-state index contributed by atoms with van der Waals surface area (Å²) in [4.78, 5) is 28.7. The Balaban J connectivity index is 1.52. The molecule has 0 aliphatic heterocycles. The molecule has 2 N–H and O–H groups in total. The average molecular weight is 479 g/mol. The number of pyridine rings is 1. The van der Waals surface area contributed by atoms with Crippen molar-refractivity contribution in [3.63, 3.8) is 0 Å². The Bertz CT molecular complexity index is 1400. The molecule has 2 heterocycles. The smallest absolute Gasteiger partial charge is 0.335 e. The number of carbonyl (C=O) groups excluding carboxylic acids is 1. The predicted molar refractivity (Wildman–Crippen MR) is 125 cm³/mol. The van der Waals surface area contributed by atoms with Crippen molar-refractivity contribution in [1.82, 2.24) is 14.7 Å². The summed E-state index contributed by atoms with van der Waals surface area (Å²) in [6.07, 6.45) is 2.09. The van der Waals surface area contributed by atoms with Crippen molar-refractivity contribution in [2.24, 2.45) is 0 Å². The lowest BCUT2D eigenvalue weighted by Gasteiger charge is -2.15. The molecule has 0 radical (unpaired) electrons. The highest BCUT2D eigenvalue weighted by Crippen LogP contribution is 2.24. The summed E-state index contributed by atoms with van der Waals surface area (Å²) in [5, 5.41) is 12.1. The molecule has 1 amide bonds. The van der Waals surface area contributed by atoms with Gasteiger partial charge in [0.1, 0.15) is 23.9 Å². The van der Waals surface area contributed by atoms with Crippen LogP contribution in [0.1, 0.15) is 44.6 Å². The van der Waals surface area contributed by atoms with Crippen LogP contribution in [0.15, 0.2) is 60.8 Å². The highest BCUT2D eigenvalue weighted by Gasteiger charge is 2.21. The molecule has 0 saturated carbocycles. The molecule has 0 saturated heterocycles. The zero-order valence-corrected chi connectivity index (χ0v) is 19.1. The van der Waals surface area contributed by atoms with Crippen LogP contribution in [0.4, 0.5) is 8.78 Å². The Labute approximate surface area is 200 Å². The minimum atomic E-state index is -1.01. The van der Waals surface area contributed by atoms with Gasteiger partial charge in [0.25, 0.3) is 5.91 Å². The molecule has 7 nitrogen and oxygen atoms in total. The standard InChI is InChI=1S/C26H23F2N3O4/c1-15(12-17-6-3-7-18(13-17)26(33)34)29-25(32)23-16(2)30-24-22(10-5-11-31(23)24)35-14-19-20(27)8-4-9-21(19)28/h3-11,13,15H,12,14H2,1-2H3,(H,29,32)(H,33,34)/t15-/m0/s1. The predicted octanol–water partition coefficient (Wildman–Crippen LogP) is 4.56. The molecule has 0 aliphatic rings. The highest BCUT2D eigenvalue weighted by atomic mass is 19.1. The van der Waals surface area contributed by atoms with E-state index in [9.17, 15) is 23.5 Å². The van der Waals surface area contributed by atoms with Gasteiger partial charge in [-0.2, -0.15) is 0 Å². The summed E-state index contributed by atoms with van der Waals surface area (Å²) in [5.74, 6) is -2.52. The molecule has 0 unspecified atom stereocenters. The third kappa shape index (κ3) is 5.13. The number of rotatable bonds is 8. The van der Waals surface area contributed by atoms with Gasteiger partial charge >= 0.3 is 5.97 Å². The van der Waals surface area contributed by atoms with Crippen molar-refractivity contribution >= 4 is 17.5 Å². The van der Waals surface area contributed by atoms with Crippen molar-refractivity contribution in [2.45, 2.75) is 32.9 Å². The van der Waals surface area contributed by atoms with Gasteiger partial charge in [0.05, 0.1) is 16.8 Å². The maximum atomic E-state index is 14.0. The van der Waals surface area contributed by atoms with Crippen LogP contribution >= 0.6 is 0 Å². The zero-order valence-electron chi connectivity index (χ0n) is 19.1. The number of aromatic carboxylic acids is 1. The molecular weight excluding hydrogens is 456 g/mol. The van der Waals surface area contributed by atoms with E-state index in [1.807, 2.05) is 6.92 Å². The van der Waals surface area contributed by atoms with E-state index in [0.717, 1.165) is 17.7 Å². The minimum Gasteiger partial charge on any atom is -0.485 e. The molecule has 4 aromatic rings. The topological polar surface area (TPSA) is 92.9 Å². The van der Waals surface area contributed by atoms with Crippen LogP contribution in [0.2, 0.25) is 0 Å². The van der Waals surface area contributed by atoms with Crippen LogP contribution in [-0.2, 0) is 13.0 Å². The first-order valence-electron chi connectivity index (χ1n) is 10.9. The van der Waals surface area contributed by atoms with E-state index in [2.05, 4.69) is 10.3 Å². The number of carboxylic acid groups (broad SMARTS) is 1. The molecule has 2 aromatic heterocycles. The van der Waals surface area contributed by atoms with Crippen LogP contribution in [-0.4, -0.2) is 32.4 Å². The van der Waals surface area contributed by atoms with Gasteiger partial charge in [-0.15, -0.1) is 0 Å². The van der Waals surface area contributed by atoms with Crippen molar-refractivity contribution in [3.8, 4) is 5.75 Å². The van der Waals surface area contributed by atoms with Crippen LogP contribution < -0.4 is 10.1 Å². The summed E-state index contributed by atoms with van der Waals surface area (Å²) in [6, 6.07) is 13.1. The van der Waals surface area contributed by atoms with Crippen molar-refractivity contribution in [2.75, 3.05) is 0 Å². The Hall–Kier alpha value is -4.27. The molecule has 180 valence electrons. The lowest BCUT2D eigenvalue weighted by Crippen LogP contribution is -2.35. The van der Waals surface area contributed by atoms with Gasteiger partial charge in [-0.05, 0) is 62.2 Å². The third-order valence-corrected chi connectivity index (χ3v) is 5.53. The minimum absolute atomic E-state index is 0.182. The number of carbonyl (C=O) groups is 2. The second-order valence-corrected chi connectivity index (χ2v) is 8.18. The monoisotopic (exact) mass is 479 g/mol. The first-order valence-corrected chi connectivity index (χ1v) is 10.9. The number of fused-ring (bicyclic) bond motifs is 1. The molecule has 0 fully saturated rings. The largest absolute Gasteiger partial charge is 0.485 e. The summed E-state index contributed by atoms with van der Waals surface area (Å²) in [5.41, 5.74) is 1.86. The van der Waals surface area contributed by atoms with E-state index in [1.165, 1.54) is 12.1 Å². The van der Waals surface area contributed by atoms with E-state index < -0.39 is 17.6 Å². The third-order valence-electron chi connectivity index (χ3n) is 5.53. The number of hydrogen-bond acceptors (Lipinski definition) is 4. The molecule has 35 heavy (non-hydrogen) atoms. The number of imidazole rings is 1. The number of nitrogens with zero attached hydrogens (tertiary/aromatic N) is 2. The Morgan fingerprint density at radius 1 is 1.11 bits per heavy atom. The molecule has 9 heteroatoms. The second kappa shape index (κ2) is 9.92. The SMILES string of the molecule is Cc1nc2c(OCc3c(F)cccc3F)cccn2c1C(=O)N[C@@H](C)Cc1cccc(C(=O)O)c1. The zero-order chi connectivity index (χ0) is 25.1. The number of halogens is 2. The maximum absolute atomic E-state index is 14.0. The molecule has 2 aromatic carbocycles. The van der Waals surface area contributed by atoms with E-state index >= 15 is 0 Å². The van der Waals surface area contributed by atoms with Gasteiger partial charge in [-0.25, -0.2) is 18.6 Å². The summed E-state index contributed by atoms with van der Waals surface area (Å²) in [7, 11) is 0. The van der Waals surface area contributed by atoms with Gasteiger partial charge in [0.15, 0.2) is 11.4 Å². The van der Waals surface area contributed by atoms with Gasteiger partial charge < -0.3 is 15.2 Å². The molecular formula is C26H23F2N3O4. The molecule has 4 rings (SSSR count).